The Morgan fingerprint density at radius 2 is 1.69 bits per heavy atom. The Morgan fingerprint density at radius 1 is 1.04 bits per heavy atom. The minimum absolute atomic E-state index is 0.212. The molecular formula is C21H27ClN2O2. The van der Waals surface area contributed by atoms with Crippen molar-refractivity contribution in [1.29, 1.82) is 0 Å². The quantitative estimate of drug-likeness (QED) is 0.738. The van der Waals surface area contributed by atoms with Gasteiger partial charge in [0.25, 0.3) is 0 Å². The number of amides is 1. The number of halogens is 1. The Kier molecular flexibility index (Phi) is 6.38. The van der Waals surface area contributed by atoms with Gasteiger partial charge in [-0.3, -0.25) is 4.79 Å². The number of carbonyl (C=O) groups excluding carboxylic acids is 1. The largest absolute Gasteiger partial charge is 0.385 e. The van der Waals surface area contributed by atoms with Gasteiger partial charge in [0.15, 0.2) is 0 Å². The highest BCUT2D eigenvalue weighted by molar-refractivity contribution is 6.30. The maximum atomic E-state index is 12.4. The number of carbonyl (C=O) groups is 1. The Labute approximate surface area is 160 Å². The minimum atomic E-state index is -0.849. The molecule has 0 radical (unpaired) electrons. The van der Waals surface area contributed by atoms with Crippen LogP contribution in [0.25, 0.3) is 0 Å². The number of unbranched alkanes of at least 4 members (excludes halogenated alkanes) is 2. The molecule has 0 bridgehead atoms. The summed E-state index contributed by atoms with van der Waals surface area (Å²) in [4.78, 5) is 14.3. The van der Waals surface area contributed by atoms with Gasteiger partial charge in [0.1, 0.15) is 0 Å². The number of hydrogen-bond donors (Lipinski definition) is 1. The van der Waals surface area contributed by atoms with E-state index in [9.17, 15) is 9.90 Å². The number of piperidine rings is 1. The van der Waals surface area contributed by atoms with Crippen molar-refractivity contribution >= 4 is 17.5 Å². The molecule has 26 heavy (non-hydrogen) atoms. The summed E-state index contributed by atoms with van der Waals surface area (Å²) in [5.74, 6) is 0.212. The summed E-state index contributed by atoms with van der Waals surface area (Å²) in [5, 5.41) is 11.6. The van der Waals surface area contributed by atoms with Gasteiger partial charge in [0.05, 0.1) is 5.60 Å². The normalized spacial score (nSPS) is 16.6. The number of hydrogen-bond acceptors (Lipinski definition) is 2. The molecular weight excluding hydrogens is 348 g/mol. The van der Waals surface area contributed by atoms with E-state index in [4.69, 9.17) is 11.6 Å². The first-order valence-electron chi connectivity index (χ1n) is 9.44. The molecule has 0 unspecified atom stereocenters. The molecule has 1 saturated heterocycles. The molecule has 0 saturated carbocycles. The van der Waals surface area contributed by atoms with E-state index in [0.29, 0.717) is 37.4 Å². The van der Waals surface area contributed by atoms with Crippen LogP contribution in [-0.2, 0) is 16.9 Å². The number of benzene rings is 1. The van der Waals surface area contributed by atoms with Gasteiger partial charge < -0.3 is 14.6 Å². The van der Waals surface area contributed by atoms with Crippen molar-refractivity contribution in [1.82, 2.24) is 9.47 Å². The van der Waals surface area contributed by atoms with Crippen LogP contribution < -0.4 is 0 Å². The predicted octanol–water partition coefficient (Wildman–Crippen LogP) is 4.21. The number of aliphatic hydroxyl groups is 1. The summed E-state index contributed by atoms with van der Waals surface area (Å²) in [6, 6.07) is 11.4. The maximum absolute atomic E-state index is 12.4. The second-order valence-electron chi connectivity index (χ2n) is 7.15. The van der Waals surface area contributed by atoms with Crippen molar-refractivity contribution in [2.24, 2.45) is 0 Å². The molecule has 1 fully saturated rings. The van der Waals surface area contributed by atoms with Crippen LogP contribution in [0.5, 0.6) is 0 Å². The molecule has 140 valence electrons. The molecule has 0 aliphatic carbocycles. The van der Waals surface area contributed by atoms with Crippen LogP contribution in [0, 0.1) is 0 Å². The standard InChI is InChI=1S/C21H27ClN2O2/c22-19-9-7-18(8-10-19)21(26)11-16-24(17-12-21)20(25)6-2-1-3-13-23-14-4-5-15-23/h4-5,7-10,14-15,26H,1-3,6,11-13,16-17H2. The fourth-order valence-corrected chi connectivity index (χ4v) is 3.73. The number of rotatable bonds is 7. The van der Waals surface area contributed by atoms with E-state index >= 15 is 0 Å². The van der Waals surface area contributed by atoms with E-state index in [-0.39, 0.29) is 5.91 Å². The van der Waals surface area contributed by atoms with Crippen molar-refractivity contribution in [2.75, 3.05) is 13.1 Å². The Bertz CT molecular complexity index is 689. The highest BCUT2D eigenvalue weighted by atomic mass is 35.5. The molecule has 5 heteroatoms. The highest BCUT2D eigenvalue weighted by Crippen LogP contribution is 2.33. The minimum Gasteiger partial charge on any atom is -0.385 e. The Balaban J connectivity index is 1.38. The first-order chi connectivity index (χ1) is 12.6. The van der Waals surface area contributed by atoms with Crippen LogP contribution in [0.1, 0.15) is 44.1 Å². The third-order valence-corrected chi connectivity index (χ3v) is 5.55. The Hall–Kier alpha value is -1.78. The van der Waals surface area contributed by atoms with E-state index in [1.165, 1.54) is 0 Å². The topological polar surface area (TPSA) is 45.5 Å². The van der Waals surface area contributed by atoms with Gasteiger partial charge >= 0.3 is 0 Å². The highest BCUT2D eigenvalue weighted by Gasteiger charge is 2.35. The third kappa shape index (κ3) is 4.89. The van der Waals surface area contributed by atoms with E-state index in [1.54, 1.807) is 12.1 Å². The van der Waals surface area contributed by atoms with Crippen molar-refractivity contribution in [3.8, 4) is 0 Å². The van der Waals surface area contributed by atoms with Gasteiger partial charge in [0.2, 0.25) is 5.91 Å². The molecule has 0 atom stereocenters. The maximum Gasteiger partial charge on any atom is 0.222 e. The van der Waals surface area contributed by atoms with Crippen LogP contribution in [0.2, 0.25) is 5.02 Å². The molecule has 1 aromatic heterocycles. The van der Waals surface area contributed by atoms with Crippen molar-refractivity contribution in [3.63, 3.8) is 0 Å². The molecule has 1 N–H and O–H groups in total. The summed E-state index contributed by atoms with van der Waals surface area (Å²) in [5.41, 5.74) is 0.0389. The first-order valence-corrected chi connectivity index (χ1v) is 9.82. The summed E-state index contributed by atoms with van der Waals surface area (Å²) in [7, 11) is 0. The molecule has 1 aliphatic rings. The van der Waals surface area contributed by atoms with E-state index in [2.05, 4.69) is 17.0 Å². The molecule has 1 aromatic carbocycles. The van der Waals surface area contributed by atoms with Crippen LogP contribution in [-0.4, -0.2) is 33.6 Å². The van der Waals surface area contributed by atoms with Crippen LogP contribution in [0.15, 0.2) is 48.8 Å². The van der Waals surface area contributed by atoms with E-state index in [0.717, 1.165) is 31.4 Å². The van der Waals surface area contributed by atoms with E-state index in [1.807, 2.05) is 29.2 Å². The van der Waals surface area contributed by atoms with Crippen molar-refractivity contribution in [2.45, 2.75) is 50.7 Å². The molecule has 4 nitrogen and oxygen atoms in total. The average molecular weight is 375 g/mol. The summed E-state index contributed by atoms with van der Waals surface area (Å²) in [6.07, 6.45) is 8.98. The lowest BCUT2D eigenvalue weighted by Gasteiger charge is -2.38. The third-order valence-electron chi connectivity index (χ3n) is 5.30. The van der Waals surface area contributed by atoms with Crippen LogP contribution in [0.3, 0.4) is 0 Å². The summed E-state index contributed by atoms with van der Waals surface area (Å²) in [6.45, 7) is 2.24. The molecule has 3 rings (SSSR count). The van der Waals surface area contributed by atoms with Gasteiger partial charge in [-0.15, -0.1) is 0 Å². The van der Waals surface area contributed by atoms with Gasteiger partial charge in [-0.05, 0) is 55.5 Å². The fourth-order valence-electron chi connectivity index (χ4n) is 3.60. The monoisotopic (exact) mass is 374 g/mol. The van der Waals surface area contributed by atoms with E-state index < -0.39 is 5.60 Å². The summed E-state index contributed by atoms with van der Waals surface area (Å²) < 4.78 is 2.17. The average Bonchev–Trinajstić information content (AvgIpc) is 3.16. The number of nitrogens with zero attached hydrogens (tertiary/aromatic N) is 2. The fraction of sp³-hybridized carbons (Fsp3) is 0.476. The number of aromatic nitrogens is 1. The molecule has 1 aliphatic heterocycles. The zero-order chi connectivity index (χ0) is 18.4. The predicted molar refractivity (Wildman–Crippen MR) is 104 cm³/mol. The van der Waals surface area contributed by atoms with Crippen molar-refractivity contribution in [3.05, 3.63) is 59.4 Å². The second-order valence-corrected chi connectivity index (χ2v) is 7.59. The SMILES string of the molecule is O=C(CCCCCn1cccc1)N1CCC(O)(c2ccc(Cl)cc2)CC1. The molecule has 2 aromatic rings. The second kappa shape index (κ2) is 8.74. The lowest BCUT2D eigenvalue weighted by molar-refractivity contribution is -0.135. The number of likely N-dealkylation sites (tertiary alicyclic amines) is 1. The number of aryl methyl sites for hydroxylation is 1. The van der Waals surface area contributed by atoms with Gasteiger partial charge in [-0.1, -0.05) is 30.2 Å². The van der Waals surface area contributed by atoms with Crippen LogP contribution in [0.4, 0.5) is 0 Å². The molecule has 0 spiro atoms. The smallest absolute Gasteiger partial charge is 0.222 e. The first kappa shape index (κ1) is 19.0. The lowest BCUT2D eigenvalue weighted by atomic mass is 9.84. The van der Waals surface area contributed by atoms with Gasteiger partial charge in [-0.2, -0.15) is 0 Å². The zero-order valence-corrected chi connectivity index (χ0v) is 15.9. The Morgan fingerprint density at radius 3 is 2.35 bits per heavy atom. The van der Waals surface area contributed by atoms with Crippen LogP contribution >= 0.6 is 11.6 Å². The van der Waals surface area contributed by atoms with Gasteiger partial charge in [0, 0.05) is 43.5 Å². The van der Waals surface area contributed by atoms with Gasteiger partial charge in [-0.25, -0.2) is 0 Å². The lowest BCUT2D eigenvalue weighted by Crippen LogP contribution is -2.45. The zero-order valence-electron chi connectivity index (χ0n) is 15.1. The molecule has 2 heterocycles. The van der Waals surface area contributed by atoms with Crippen molar-refractivity contribution < 1.29 is 9.90 Å². The summed E-state index contributed by atoms with van der Waals surface area (Å²) >= 11 is 5.92. The molecule has 1 amide bonds.